The third-order valence-corrected chi connectivity index (χ3v) is 4.74. The Morgan fingerprint density at radius 1 is 0.893 bits per heavy atom. The van der Waals surface area contributed by atoms with Crippen LogP contribution in [0.4, 0.5) is 5.69 Å². The molecular weight excluding hydrogens is 356 g/mol. The molecule has 28 heavy (non-hydrogen) atoms. The highest BCUT2D eigenvalue weighted by Gasteiger charge is 2.15. The average molecular weight is 382 g/mol. The second-order valence-electron chi connectivity index (χ2n) is 6.38. The van der Waals surface area contributed by atoms with Gasteiger partial charge in [-0.1, -0.05) is 12.1 Å². The second-order valence-corrected chi connectivity index (χ2v) is 6.38. The Morgan fingerprint density at radius 2 is 1.61 bits per heavy atom. The van der Waals surface area contributed by atoms with E-state index in [-0.39, 0.29) is 0 Å². The number of nitrogen functional groups attached to an aromatic ring is 1. The molecule has 0 saturated heterocycles. The molecule has 3 aromatic rings. The minimum Gasteiger partial charge on any atom is -0.493 e. The van der Waals surface area contributed by atoms with Crippen molar-refractivity contribution in [2.75, 3.05) is 33.7 Å². The number of rotatable bonds is 8. The number of hydrogen-bond donors (Lipinski definition) is 1. The first-order chi connectivity index (χ1) is 13.6. The highest BCUT2D eigenvalue weighted by atomic mass is 16.5. The van der Waals surface area contributed by atoms with Gasteiger partial charge in [-0.15, -0.1) is 0 Å². The van der Waals surface area contributed by atoms with E-state index in [2.05, 4.69) is 11.1 Å². The molecule has 0 saturated carbocycles. The Bertz CT molecular complexity index is 947. The van der Waals surface area contributed by atoms with Crippen molar-refractivity contribution >= 4 is 16.5 Å². The summed E-state index contributed by atoms with van der Waals surface area (Å²) in [5.41, 5.74) is 10.2. The summed E-state index contributed by atoms with van der Waals surface area (Å²) in [6.07, 6.45) is 4.33. The van der Waals surface area contributed by atoms with Gasteiger partial charge in [-0.25, -0.2) is 0 Å². The molecule has 6 heteroatoms. The predicted molar refractivity (Wildman–Crippen MR) is 110 cm³/mol. The molecule has 6 nitrogen and oxygen atoms in total. The van der Waals surface area contributed by atoms with Crippen molar-refractivity contribution in [1.82, 2.24) is 4.98 Å². The lowest BCUT2D eigenvalue weighted by atomic mass is 9.98. The number of methoxy groups -OCH3 is 3. The van der Waals surface area contributed by atoms with Crippen LogP contribution < -0.4 is 19.9 Å². The van der Waals surface area contributed by atoms with Gasteiger partial charge in [-0.05, 0) is 42.0 Å². The largest absolute Gasteiger partial charge is 0.493 e. The van der Waals surface area contributed by atoms with Crippen molar-refractivity contribution in [2.24, 2.45) is 0 Å². The van der Waals surface area contributed by atoms with Crippen LogP contribution >= 0.6 is 0 Å². The van der Waals surface area contributed by atoms with E-state index >= 15 is 0 Å². The molecule has 0 aliphatic carbocycles. The average Bonchev–Trinajstić information content (AvgIpc) is 2.73. The number of nitrogens with two attached hydrogens (primary N) is 1. The van der Waals surface area contributed by atoms with Gasteiger partial charge in [0.25, 0.3) is 0 Å². The highest BCUT2D eigenvalue weighted by Crippen LogP contribution is 2.39. The van der Waals surface area contributed by atoms with E-state index in [0.717, 1.165) is 27.5 Å². The topological polar surface area (TPSA) is 75.8 Å². The molecule has 2 aromatic carbocycles. The maximum atomic E-state index is 6.37. The Hall–Kier alpha value is -2.99. The van der Waals surface area contributed by atoms with Gasteiger partial charge in [0.15, 0.2) is 11.5 Å². The zero-order chi connectivity index (χ0) is 20.1. The fourth-order valence-corrected chi connectivity index (χ4v) is 3.31. The minimum atomic E-state index is 0.495. The van der Waals surface area contributed by atoms with Crippen molar-refractivity contribution in [3.05, 3.63) is 53.3 Å². The first-order valence-electron chi connectivity index (χ1n) is 9.13. The monoisotopic (exact) mass is 382 g/mol. The smallest absolute Gasteiger partial charge is 0.203 e. The lowest BCUT2D eigenvalue weighted by Gasteiger charge is -2.15. The fraction of sp³-hybridized carbons (Fsp3) is 0.318. The standard InChI is InChI=1S/C22H26N2O4/c1-5-28-13-15-6-7-17-16(11-24-12-18(17)21(15)23)8-14-9-19(25-2)22(27-4)20(10-14)26-3/h6-7,9-12H,5,8,13,23H2,1-4H3. The van der Waals surface area contributed by atoms with Gasteiger partial charge in [-0.2, -0.15) is 0 Å². The number of fused-ring (bicyclic) bond motifs is 1. The molecule has 1 heterocycles. The maximum absolute atomic E-state index is 6.37. The van der Waals surface area contributed by atoms with E-state index in [1.54, 1.807) is 27.5 Å². The molecule has 0 bridgehead atoms. The van der Waals surface area contributed by atoms with Crippen molar-refractivity contribution in [3.63, 3.8) is 0 Å². The number of anilines is 1. The normalized spacial score (nSPS) is 10.9. The van der Waals surface area contributed by atoms with Crippen LogP contribution in [0.5, 0.6) is 17.2 Å². The third kappa shape index (κ3) is 3.82. The van der Waals surface area contributed by atoms with E-state index in [4.69, 9.17) is 24.7 Å². The number of ether oxygens (including phenoxy) is 4. The third-order valence-electron chi connectivity index (χ3n) is 4.74. The van der Waals surface area contributed by atoms with E-state index < -0.39 is 0 Å². The van der Waals surface area contributed by atoms with Crippen LogP contribution in [0.2, 0.25) is 0 Å². The van der Waals surface area contributed by atoms with Crippen molar-refractivity contribution < 1.29 is 18.9 Å². The maximum Gasteiger partial charge on any atom is 0.203 e. The summed E-state index contributed by atoms with van der Waals surface area (Å²) in [4.78, 5) is 4.40. The van der Waals surface area contributed by atoms with E-state index in [1.165, 1.54) is 0 Å². The molecule has 3 rings (SSSR count). The van der Waals surface area contributed by atoms with Crippen molar-refractivity contribution in [3.8, 4) is 17.2 Å². The van der Waals surface area contributed by atoms with Gasteiger partial charge >= 0.3 is 0 Å². The van der Waals surface area contributed by atoms with E-state index in [0.29, 0.717) is 42.6 Å². The van der Waals surface area contributed by atoms with Gasteiger partial charge < -0.3 is 24.7 Å². The fourth-order valence-electron chi connectivity index (χ4n) is 3.31. The molecule has 0 aliphatic rings. The summed E-state index contributed by atoms with van der Waals surface area (Å²) in [6.45, 7) is 3.11. The Balaban J connectivity index is 2.02. The van der Waals surface area contributed by atoms with Gasteiger partial charge in [0.05, 0.1) is 27.9 Å². The molecule has 0 radical (unpaired) electrons. The number of aromatic nitrogens is 1. The molecular formula is C22H26N2O4. The molecule has 2 N–H and O–H groups in total. The molecule has 0 spiro atoms. The van der Waals surface area contributed by atoms with Gasteiger partial charge in [0.2, 0.25) is 5.75 Å². The van der Waals surface area contributed by atoms with Gasteiger partial charge in [0.1, 0.15) is 0 Å². The lowest BCUT2D eigenvalue weighted by Crippen LogP contribution is -2.01. The summed E-state index contributed by atoms with van der Waals surface area (Å²) >= 11 is 0. The van der Waals surface area contributed by atoms with Crippen LogP contribution in [0.25, 0.3) is 10.8 Å². The summed E-state index contributed by atoms with van der Waals surface area (Å²) in [7, 11) is 4.82. The van der Waals surface area contributed by atoms with Crippen LogP contribution in [-0.4, -0.2) is 32.9 Å². The summed E-state index contributed by atoms with van der Waals surface area (Å²) in [6, 6.07) is 8.00. The van der Waals surface area contributed by atoms with Gasteiger partial charge in [-0.3, -0.25) is 4.98 Å². The minimum absolute atomic E-state index is 0.495. The Labute approximate surface area is 165 Å². The van der Waals surface area contributed by atoms with Gasteiger partial charge in [0, 0.05) is 35.6 Å². The summed E-state index contributed by atoms with van der Waals surface area (Å²) in [5, 5.41) is 2.00. The number of hydrogen-bond acceptors (Lipinski definition) is 6. The van der Waals surface area contributed by atoms with Crippen LogP contribution in [-0.2, 0) is 17.8 Å². The Morgan fingerprint density at radius 3 is 2.21 bits per heavy atom. The summed E-state index contributed by atoms with van der Waals surface area (Å²) in [5.74, 6) is 1.83. The lowest BCUT2D eigenvalue weighted by molar-refractivity contribution is 0.134. The first-order valence-corrected chi connectivity index (χ1v) is 9.13. The predicted octanol–water partition coefficient (Wildman–Crippen LogP) is 3.97. The quantitative estimate of drug-likeness (QED) is 0.594. The number of benzene rings is 2. The molecule has 0 unspecified atom stereocenters. The van der Waals surface area contributed by atoms with Crippen LogP contribution in [0.15, 0.2) is 36.7 Å². The van der Waals surface area contributed by atoms with E-state index in [1.807, 2.05) is 31.3 Å². The molecule has 148 valence electrons. The SMILES string of the molecule is CCOCc1ccc2c(Cc3cc(OC)c(OC)c(OC)c3)cncc2c1N. The van der Waals surface area contributed by atoms with Crippen LogP contribution in [0.1, 0.15) is 23.6 Å². The zero-order valence-electron chi connectivity index (χ0n) is 16.7. The summed E-state index contributed by atoms with van der Waals surface area (Å²) < 4.78 is 21.8. The molecule has 0 fully saturated rings. The first kappa shape index (κ1) is 19.8. The number of pyridine rings is 1. The zero-order valence-corrected chi connectivity index (χ0v) is 16.7. The highest BCUT2D eigenvalue weighted by molar-refractivity contribution is 5.95. The van der Waals surface area contributed by atoms with E-state index in [9.17, 15) is 0 Å². The number of nitrogens with zero attached hydrogens (tertiary/aromatic N) is 1. The molecule has 1 aromatic heterocycles. The molecule has 0 aliphatic heterocycles. The Kier molecular flexibility index (Phi) is 6.21. The van der Waals surface area contributed by atoms with Crippen LogP contribution in [0.3, 0.4) is 0 Å². The molecule has 0 amide bonds. The molecule has 0 atom stereocenters. The van der Waals surface area contributed by atoms with Crippen LogP contribution in [0, 0.1) is 0 Å². The second kappa shape index (κ2) is 8.80. The van der Waals surface area contributed by atoms with Crippen molar-refractivity contribution in [2.45, 2.75) is 20.0 Å². The van der Waals surface area contributed by atoms with Crippen molar-refractivity contribution in [1.29, 1.82) is 0 Å².